The number of rotatable bonds is 2. The summed E-state index contributed by atoms with van der Waals surface area (Å²) in [7, 11) is 0. The van der Waals surface area contributed by atoms with E-state index in [0.29, 0.717) is 22.1 Å². The third kappa shape index (κ3) is 2.11. The summed E-state index contributed by atoms with van der Waals surface area (Å²) in [6.07, 6.45) is 0. The summed E-state index contributed by atoms with van der Waals surface area (Å²) in [6.45, 7) is 0.0557. The highest BCUT2D eigenvalue weighted by Gasteiger charge is 2.32. The highest BCUT2D eigenvalue weighted by molar-refractivity contribution is 6.25. The van der Waals surface area contributed by atoms with Gasteiger partial charge in [-0.2, -0.15) is 0 Å². The van der Waals surface area contributed by atoms with Crippen molar-refractivity contribution < 1.29 is 14.0 Å². The Morgan fingerprint density at radius 1 is 0.826 bits per heavy atom. The van der Waals surface area contributed by atoms with Gasteiger partial charge in [-0.05, 0) is 35.2 Å². The number of benzene rings is 3. The zero-order valence-electron chi connectivity index (χ0n) is 12.1. The molecule has 0 saturated carbocycles. The van der Waals surface area contributed by atoms with Gasteiger partial charge in [0.25, 0.3) is 11.8 Å². The van der Waals surface area contributed by atoms with Crippen LogP contribution >= 0.6 is 0 Å². The SMILES string of the molecule is O=C1c2cccc3cccc(c23)C(=O)N1Cc1cccc(F)c1. The van der Waals surface area contributed by atoms with Crippen LogP contribution in [0.3, 0.4) is 0 Å². The highest BCUT2D eigenvalue weighted by Crippen LogP contribution is 2.30. The molecule has 4 heteroatoms. The molecular formula is C19H12FNO2. The van der Waals surface area contributed by atoms with Gasteiger partial charge in [0.1, 0.15) is 5.82 Å². The summed E-state index contributed by atoms with van der Waals surface area (Å²) in [5.41, 5.74) is 1.60. The van der Waals surface area contributed by atoms with Gasteiger partial charge >= 0.3 is 0 Å². The van der Waals surface area contributed by atoms with E-state index >= 15 is 0 Å². The lowest BCUT2D eigenvalue weighted by Gasteiger charge is -2.27. The maximum atomic E-state index is 13.4. The molecule has 1 aliphatic heterocycles. The van der Waals surface area contributed by atoms with Crippen LogP contribution in [0.2, 0.25) is 0 Å². The molecule has 1 heterocycles. The first-order valence-electron chi connectivity index (χ1n) is 7.27. The van der Waals surface area contributed by atoms with E-state index in [4.69, 9.17) is 0 Å². The molecule has 0 saturated heterocycles. The smallest absolute Gasteiger partial charge is 0.261 e. The molecular weight excluding hydrogens is 293 g/mol. The molecule has 0 bridgehead atoms. The average molecular weight is 305 g/mol. The van der Waals surface area contributed by atoms with Crippen LogP contribution in [0.25, 0.3) is 10.8 Å². The number of carbonyl (C=O) groups is 2. The molecule has 0 aliphatic carbocycles. The van der Waals surface area contributed by atoms with Crippen molar-refractivity contribution in [3.05, 3.63) is 83.2 Å². The molecule has 0 aromatic heterocycles. The molecule has 3 nitrogen and oxygen atoms in total. The van der Waals surface area contributed by atoms with Crippen LogP contribution in [-0.4, -0.2) is 16.7 Å². The van der Waals surface area contributed by atoms with E-state index in [2.05, 4.69) is 0 Å². The standard InChI is InChI=1S/C19H12FNO2/c20-14-7-1-4-12(10-14)11-21-18(22)15-8-2-5-13-6-3-9-16(17(13)15)19(21)23/h1-10H,11H2. The summed E-state index contributed by atoms with van der Waals surface area (Å²) >= 11 is 0. The first-order chi connectivity index (χ1) is 11.1. The molecule has 1 aliphatic rings. The van der Waals surface area contributed by atoms with Crippen molar-refractivity contribution in [2.45, 2.75) is 6.54 Å². The van der Waals surface area contributed by atoms with E-state index in [1.807, 2.05) is 12.1 Å². The van der Waals surface area contributed by atoms with Crippen molar-refractivity contribution in [3.8, 4) is 0 Å². The zero-order valence-corrected chi connectivity index (χ0v) is 12.1. The van der Waals surface area contributed by atoms with Gasteiger partial charge in [-0.15, -0.1) is 0 Å². The van der Waals surface area contributed by atoms with Gasteiger partial charge in [0.2, 0.25) is 0 Å². The Morgan fingerprint density at radius 2 is 1.43 bits per heavy atom. The molecule has 112 valence electrons. The lowest BCUT2D eigenvalue weighted by atomic mass is 9.94. The molecule has 4 rings (SSSR count). The van der Waals surface area contributed by atoms with Gasteiger partial charge < -0.3 is 0 Å². The topological polar surface area (TPSA) is 37.4 Å². The number of halogens is 1. The fourth-order valence-corrected chi connectivity index (χ4v) is 3.04. The van der Waals surface area contributed by atoms with E-state index < -0.39 is 0 Å². The normalized spacial score (nSPS) is 13.7. The molecule has 0 N–H and O–H groups in total. The third-order valence-electron chi connectivity index (χ3n) is 4.09. The Bertz CT molecular complexity index is 914. The van der Waals surface area contributed by atoms with Gasteiger partial charge in [0, 0.05) is 16.5 Å². The Hall–Kier alpha value is -3.01. The van der Waals surface area contributed by atoms with E-state index in [1.165, 1.54) is 17.0 Å². The van der Waals surface area contributed by atoms with Crippen molar-refractivity contribution >= 4 is 22.6 Å². The number of amides is 2. The van der Waals surface area contributed by atoms with Crippen LogP contribution in [0.5, 0.6) is 0 Å². The number of hydrogen-bond donors (Lipinski definition) is 0. The highest BCUT2D eigenvalue weighted by atomic mass is 19.1. The maximum Gasteiger partial charge on any atom is 0.261 e. The minimum Gasteiger partial charge on any atom is -0.270 e. The van der Waals surface area contributed by atoms with E-state index in [1.54, 1.807) is 36.4 Å². The van der Waals surface area contributed by atoms with Crippen LogP contribution in [0.15, 0.2) is 60.7 Å². The Kier molecular flexibility index (Phi) is 2.98. The molecule has 0 atom stereocenters. The molecule has 0 spiro atoms. The van der Waals surface area contributed by atoms with Crippen LogP contribution in [0.4, 0.5) is 4.39 Å². The molecule has 3 aromatic carbocycles. The average Bonchev–Trinajstić information content (AvgIpc) is 2.56. The fraction of sp³-hybridized carbons (Fsp3) is 0.0526. The Labute approximate surface area is 132 Å². The second-order valence-corrected chi connectivity index (χ2v) is 5.54. The molecule has 0 unspecified atom stereocenters. The van der Waals surface area contributed by atoms with Crippen molar-refractivity contribution in [1.29, 1.82) is 0 Å². The van der Waals surface area contributed by atoms with Gasteiger partial charge in [-0.25, -0.2) is 4.39 Å². The van der Waals surface area contributed by atoms with Crippen LogP contribution in [0, 0.1) is 5.82 Å². The molecule has 0 fully saturated rings. The minimum atomic E-state index is -0.387. The second kappa shape index (κ2) is 5.02. The number of carbonyl (C=O) groups excluding carboxylic acids is 2. The van der Waals surface area contributed by atoms with Gasteiger partial charge in [0.05, 0.1) is 6.54 Å². The molecule has 23 heavy (non-hydrogen) atoms. The third-order valence-corrected chi connectivity index (χ3v) is 4.09. The summed E-state index contributed by atoms with van der Waals surface area (Å²) < 4.78 is 13.4. The number of hydrogen-bond acceptors (Lipinski definition) is 2. The van der Waals surface area contributed by atoms with Gasteiger partial charge in [-0.1, -0.05) is 36.4 Å². The van der Waals surface area contributed by atoms with Gasteiger partial charge in [-0.3, -0.25) is 14.5 Å². The van der Waals surface area contributed by atoms with Crippen molar-refractivity contribution in [3.63, 3.8) is 0 Å². The first-order valence-corrected chi connectivity index (χ1v) is 7.27. The lowest BCUT2D eigenvalue weighted by molar-refractivity contribution is 0.0598. The largest absolute Gasteiger partial charge is 0.270 e. The summed E-state index contributed by atoms with van der Waals surface area (Å²) in [5.74, 6) is -1.07. The number of imide groups is 1. The first kappa shape index (κ1) is 13.6. The van der Waals surface area contributed by atoms with E-state index in [-0.39, 0.29) is 24.2 Å². The van der Waals surface area contributed by atoms with E-state index in [9.17, 15) is 14.0 Å². The quantitative estimate of drug-likeness (QED) is 0.676. The molecule has 3 aromatic rings. The Morgan fingerprint density at radius 3 is 2.04 bits per heavy atom. The van der Waals surface area contributed by atoms with Crippen LogP contribution < -0.4 is 0 Å². The predicted molar refractivity (Wildman–Crippen MR) is 84.6 cm³/mol. The number of nitrogens with zero attached hydrogens (tertiary/aromatic N) is 1. The summed E-state index contributed by atoms with van der Waals surface area (Å²) in [5, 5.41) is 1.56. The lowest BCUT2D eigenvalue weighted by Crippen LogP contribution is -2.39. The maximum absolute atomic E-state index is 13.4. The predicted octanol–water partition coefficient (Wildman–Crippen LogP) is 3.78. The fourth-order valence-electron chi connectivity index (χ4n) is 3.04. The molecule has 0 radical (unpaired) electrons. The van der Waals surface area contributed by atoms with Crippen molar-refractivity contribution in [1.82, 2.24) is 4.90 Å². The summed E-state index contributed by atoms with van der Waals surface area (Å²) in [6, 6.07) is 16.7. The Balaban J connectivity index is 1.83. The van der Waals surface area contributed by atoms with Crippen molar-refractivity contribution in [2.75, 3.05) is 0 Å². The van der Waals surface area contributed by atoms with E-state index in [0.717, 1.165) is 5.39 Å². The zero-order chi connectivity index (χ0) is 16.0. The molecule has 2 amide bonds. The minimum absolute atomic E-state index is 0.0557. The van der Waals surface area contributed by atoms with Crippen LogP contribution in [0.1, 0.15) is 26.3 Å². The second-order valence-electron chi connectivity index (χ2n) is 5.54. The van der Waals surface area contributed by atoms with Crippen molar-refractivity contribution in [2.24, 2.45) is 0 Å². The van der Waals surface area contributed by atoms with Crippen LogP contribution in [-0.2, 0) is 6.54 Å². The van der Waals surface area contributed by atoms with Gasteiger partial charge in [0.15, 0.2) is 0 Å². The summed E-state index contributed by atoms with van der Waals surface area (Å²) in [4.78, 5) is 26.6. The monoisotopic (exact) mass is 305 g/mol.